The lowest BCUT2D eigenvalue weighted by Gasteiger charge is -2.08. The number of anilines is 1. The Kier molecular flexibility index (Phi) is 4.49. The molecule has 9 heteroatoms. The molecule has 0 bridgehead atoms. The van der Waals surface area contributed by atoms with E-state index in [2.05, 4.69) is 20.3 Å². The van der Waals surface area contributed by atoms with Crippen LogP contribution in [0.1, 0.15) is 20.9 Å². The molecule has 1 amide bonds. The van der Waals surface area contributed by atoms with Crippen LogP contribution in [0.4, 0.5) is 18.3 Å². The van der Waals surface area contributed by atoms with Gasteiger partial charge in [-0.25, -0.2) is 9.97 Å². The number of alkyl halides is 3. The van der Waals surface area contributed by atoms with Gasteiger partial charge in [-0.3, -0.25) is 15.1 Å². The molecule has 0 spiro atoms. The van der Waals surface area contributed by atoms with Crippen molar-refractivity contribution >= 4 is 22.4 Å². The summed E-state index contributed by atoms with van der Waals surface area (Å²) >= 11 is 1.32. The van der Waals surface area contributed by atoms with Gasteiger partial charge >= 0.3 is 6.18 Å². The zero-order chi connectivity index (χ0) is 18.0. The third-order valence-electron chi connectivity index (χ3n) is 3.22. The first-order chi connectivity index (χ1) is 11.8. The van der Waals surface area contributed by atoms with Crippen LogP contribution >= 0.6 is 11.3 Å². The fourth-order valence-electron chi connectivity index (χ4n) is 2.02. The SMILES string of the molecule is Cc1cnc(NC(=O)c2cncc(-c3ccc(C(F)(F)F)cc3)n2)s1. The van der Waals surface area contributed by atoms with Gasteiger partial charge in [0, 0.05) is 16.6 Å². The molecule has 3 rings (SSSR count). The van der Waals surface area contributed by atoms with Crippen molar-refractivity contribution in [1.29, 1.82) is 0 Å². The molecule has 0 saturated heterocycles. The van der Waals surface area contributed by atoms with Gasteiger partial charge in [0.2, 0.25) is 0 Å². The van der Waals surface area contributed by atoms with E-state index < -0.39 is 17.6 Å². The van der Waals surface area contributed by atoms with Crippen molar-refractivity contribution in [3.8, 4) is 11.3 Å². The number of nitrogens with zero attached hydrogens (tertiary/aromatic N) is 3. The Morgan fingerprint density at radius 2 is 1.84 bits per heavy atom. The highest BCUT2D eigenvalue weighted by atomic mass is 32.1. The standard InChI is InChI=1S/C16H11F3N4OS/c1-9-6-21-15(25-9)23-14(24)13-8-20-7-12(22-13)10-2-4-11(5-3-10)16(17,18)19/h2-8H,1H3,(H,21,23,24). The number of benzene rings is 1. The van der Waals surface area contributed by atoms with Crippen LogP contribution in [-0.4, -0.2) is 20.9 Å². The van der Waals surface area contributed by atoms with Crippen molar-refractivity contribution in [2.45, 2.75) is 13.1 Å². The first-order valence-electron chi connectivity index (χ1n) is 7.06. The van der Waals surface area contributed by atoms with Crippen LogP contribution in [0.2, 0.25) is 0 Å². The van der Waals surface area contributed by atoms with E-state index in [9.17, 15) is 18.0 Å². The highest BCUT2D eigenvalue weighted by Gasteiger charge is 2.30. The summed E-state index contributed by atoms with van der Waals surface area (Å²) in [5.41, 5.74) is 0.0273. The molecule has 0 aliphatic carbocycles. The van der Waals surface area contributed by atoms with Crippen molar-refractivity contribution in [2.24, 2.45) is 0 Å². The second kappa shape index (κ2) is 6.60. The van der Waals surface area contributed by atoms with E-state index in [1.54, 1.807) is 6.20 Å². The number of aromatic nitrogens is 3. The van der Waals surface area contributed by atoms with Gasteiger partial charge in [-0.1, -0.05) is 12.1 Å². The number of carbonyl (C=O) groups is 1. The Bertz CT molecular complexity index is 906. The number of thiazole rings is 1. The Balaban J connectivity index is 1.82. The largest absolute Gasteiger partial charge is 0.416 e. The molecule has 1 N–H and O–H groups in total. The summed E-state index contributed by atoms with van der Waals surface area (Å²) < 4.78 is 37.8. The molecule has 1 aromatic carbocycles. The van der Waals surface area contributed by atoms with E-state index in [-0.39, 0.29) is 5.69 Å². The lowest BCUT2D eigenvalue weighted by Crippen LogP contribution is -2.14. The molecule has 0 atom stereocenters. The van der Waals surface area contributed by atoms with E-state index >= 15 is 0 Å². The maximum Gasteiger partial charge on any atom is 0.416 e. The Morgan fingerprint density at radius 1 is 1.12 bits per heavy atom. The summed E-state index contributed by atoms with van der Waals surface area (Å²) in [5.74, 6) is -0.490. The summed E-state index contributed by atoms with van der Waals surface area (Å²) in [7, 11) is 0. The monoisotopic (exact) mass is 364 g/mol. The summed E-state index contributed by atoms with van der Waals surface area (Å²) in [6, 6.07) is 4.50. The molecule has 0 fully saturated rings. The van der Waals surface area contributed by atoms with E-state index in [1.165, 1.54) is 35.9 Å². The van der Waals surface area contributed by atoms with Gasteiger partial charge < -0.3 is 0 Å². The molecule has 128 valence electrons. The van der Waals surface area contributed by atoms with Crippen LogP contribution in [-0.2, 0) is 6.18 Å². The normalized spacial score (nSPS) is 11.4. The van der Waals surface area contributed by atoms with Crippen LogP contribution in [0.3, 0.4) is 0 Å². The van der Waals surface area contributed by atoms with Gasteiger partial charge in [-0.2, -0.15) is 13.2 Å². The maximum atomic E-state index is 12.6. The van der Waals surface area contributed by atoms with Crippen LogP contribution in [0.5, 0.6) is 0 Å². The van der Waals surface area contributed by atoms with Crippen molar-refractivity contribution in [2.75, 3.05) is 5.32 Å². The highest BCUT2D eigenvalue weighted by Crippen LogP contribution is 2.30. The second-order valence-corrected chi connectivity index (χ2v) is 6.33. The van der Waals surface area contributed by atoms with E-state index in [0.29, 0.717) is 16.4 Å². The predicted octanol–water partition coefficient (Wildman–Crippen LogP) is 4.18. The molecular weight excluding hydrogens is 353 g/mol. The van der Waals surface area contributed by atoms with Gasteiger partial charge in [0.1, 0.15) is 5.69 Å². The third-order valence-corrected chi connectivity index (χ3v) is 4.05. The second-order valence-electron chi connectivity index (χ2n) is 5.09. The minimum Gasteiger partial charge on any atom is -0.296 e. The molecule has 0 radical (unpaired) electrons. The summed E-state index contributed by atoms with van der Waals surface area (Å²) in [6.07, 6.45) is -0.112. The molecule has 2 heterocycles. The number of amides is 1. The Hall–Kier alpha value is -2.81. The quantitative estimate of drug-likeness (QED) is 0.757. The van der Waals surface area contributed by atoms with Crippen LogP contribution < -0.4 is 5.32 Å². The van der Waals surface area contributed by atoms with Crippen molar-refractivity contribution in [3.05, 3.63) is 59.0 Å². The fraction of sp³-hybridized carbons (Fsp3) is 0.125. The molecule has 3 aromatic rings. The molecule has 5 nitrogen and oxygen atoms in total. The number of aryl methyl sites for hydroxylation is 1. The van der Waals surface area contributed by atoms with Gasteiger partial charge in [-0.15, -0.1) is 11.3 Å². The summed E-state index contributed by atoms with van der Waals surface area (Å²) in [6.45, 7) is 1.86. The molecular formula is C16H11F3N4OS. The van der Waals surface area contributed by atoms with E-state index in [0.717, 1.165) is 17.0 Å². The van der Waals surface area contributed by atoms with Crippen LogP contribution in [0, 0.1) is 6.92 Å². The molecule has 2 aromatic heterocycles. The van der Waals surface area contributed by atoms with Crippen LogP contribution in [0.15, 0.2) is 42.9 Å². The highest BCUT2D eigenvalue weighted by molar-refractivity contribution is 7.15. The minimum absolute atomic E-state index is 0.0465. The van der Waals surface area contributed by atoms with Crippen molar-refractivity contribution < 1.29 is 18.0 Å². The number of hydrogen-bond acceptors (Lipinski definition) is 5. The van der Waals surface area contributed by atoms with Crippen molar-refractivity contribution in [3.63, 3.8) is 0 Å². The average Bonchev–Trinajstić information content (AvgIpc) is 2.99. The van der Waals surface area contributed by atoms with Crippen molar-refractivity contribution in [1.82, 2.24) is 15.0 Å². The molecule has 0 aliphatic heterocycles. The fourth-order valence-corrected chi connectivity index (χ4v) is 2.68. The van der Waals surface area contributed by atoms with Gasteiger partial charge in [0.25, 0.3) is 5.91 Å². The lowest BCUT2D eigenvalue weighted by atomic mass is 10.1. The molecule has 0 unspecified atom stereocenters. The first kappa shape index (κ1) is 17.0. The Morgan fingerprint density at radius 3 is 2.44 bits per heavy atom. The number of carbonyl (C=O) groups excluding carboxylic acids is 1. The number of nitrogens with one attached hydrogen (secondary N) is 1. The summed E-state index contributed by atoms with van der Waals surface area (Å²) in [4.78, 5) is 25.3. The molecule has 0 saturated carbocycles. The van der Waals surface area contributed by atoms with Gasteiger partial charge in [-0.05, 0) is 19.1 Å². The zero-order valence-electron chi connectivity index (χ0n) is 12.8. The molecule has 25 heavy (non-hydrogen) atoms. The van der Waals surface area contributed by atoms with E-state index in [1.807, 2.05) is 6.92 Å². The summed E-state index contributed by atoms with van der Waals surface area (Å²) in [5, 5.41) is 3.04. The maximum absolute atomic E-state index is 12.6. The number of rotatable bonds is 3. The minimum atomic E-state index is -4.40. The number of hydrogen-bond donors (Lipinski definition) is 1. The lowest BCUT2D eigenvalue weighted by molar-refractivity contribution is -0.137. The smallest absolute Gasteiger partial charge is 0.296 e. The predicted molar refractivity (Wildman–Crippen MR) is 87.3 cm³/mol. The third kappa shape index (κ3) is 4.00. The topological polar surface area (TPSA) is 67.8 Å². The van der Waals surface area contributed by atoms with E-state index in [4.69, 9.17) is 0 Å². The van der Waals surface area contributed by atoms with Gasteiger partial charge in [0.15, 0.2) is 5.13 Å². The zero-order valence-corrected chi connectivity index (χ0v) is 13.6. The van der Waals surface area contributed by atoms with Crippen LogP contribution in [0.25, 0.3) is 11.3 Å². The Labute approximate surface area is 144 Å². The average molecular weight is 364 g/mol. The molecule has 0 aliphatic rings. The first-order valence-corrected chi connectivity index (χ1v) is 7.88. The number of halogens is 3. The van der Waals surface area contributed by atoms with Gasteiger partial charge in [0.05, 0.1) is 23.7 Å².